The van der Waals surface area contributed by atoms with E-state index in [-0.39, 0.29) is 37.6 Å². The molecule has 0 rings (SSSR count). The first-order chi connectivity index (χ1) is 6.70. The molecular formula is C10H14O4. The Morgan fingerprint density at radius 2 is 1.29 bits per heavy atom. The second kappa shape index (κ2) is 8.34. The minimum absolute atomic E-state index is 0.101. The van der Waals surface area contributed by atoms with Crippen molar-refractivity contribution in [3.05, 3.63) is 25.3 Å². The van der Waals surface area contributed by atoms with Crippen molar-refractivity contribution in [3.63, 3.8) is 0 Å². The highest BCUT2D eigenvalue weighted by atomic mass is 17.2. The van der Waals surface area contributed by atoms with E-state index < -0.39 is 0 Å². The molecule has 0 saturated carbocycles. The van der Waals surface area contributed by atoms with Crippen LogP contribution in [-0.4, -0.2) is 24.8 Å². The molecule has 0 bridgehead atoms. The van der Waals surface area contributed by atoms with Gasteiger partial charge >= 0.3 is 0 Å². The van der Waals surface area contributed by atoms with Gasteiger partial charge in [0.2, 0.25) is 0 Å². The van der Waals surface area contributed by atoms with Crippen LogP contribution in [-0.2, 0) is 19.4 Å². The molecule has 0 heterocycles. The lowest BCUT2D eigenvalue weighted by Crippen LogP contribution is -2.05. The second-order valence-electron chi connectivity index (χ2n) is 2.48. The molecule has 4 nitrogen and oxygen atoms in total. The van der Waals surface area contributed by atoms with Crippen molar-refractivity contribution in [2.75, 3.05) is 13.2 Å². The Balaban J connectivity index is 3.21. The summed E-state index contributed by atoms with van der Waals surface area (Å²) in [6, 6.07) is 0. The molecule has 0 aliphatic rings. The van der Waals surface area contributed by atoms with Gasteiger partial charge in [0.05, 0.1) is 13.2 Å². The third kappa shape index (κ3) is 7.39. The van der Waals surface area contributed by atoms with Crippen LogP contribution in [0.25, 0.3) is 0 Å². The van der Waals surface area contributed by atoms with Crippen LogP contribution in [0, 0.1) is 0 Å². The third-order valence-electron chi connectivity index (χ3n) is 1.40. The molecule has 0 aliphatic carbocycles. The summed E-state index contributed by atoms with van der Waals surface area (Å²) in [5.41, 5.74) is 0. The van der Waals surface area contributed by atoms with Gasteiger partial charge in [-0.2, -0.15) is 0 Å². The zero-order valence-electron chi connectivity index (χ0n) is 8.03. The topological polar surface area (TPSA) is 52.6 Å². The Labute approximate surface area is 83.1 Å². The highest BCUT2D eigenvalue weighted by molar-refractivity contribution is 5.89. The number of allylic oxidation sites excluding steroid dienone is 2. The van der Waals surface area contributed by atoms with Crippen LogP contribution < -0.4 is 0 Å². The van der Waals surface area contributed by atoms with E-state index in [0.29, 0.717) is 0 Å². The van der Waals surface area contributed by atoms with Gasteiger partial charge in [-0.25, -0.2) is 9.78 Å². The molecule has 4 heteroatoms. The molecule has 0 aromatic carbocycles. The highest BCUT2D eigenvalue weighted by Crippen LogP contribution is 1.90. The van der Waals surface area contributed by atoms with E-state index in [0.717, 1.165) is 0 Å². The summed E-state index contributed by atoms with van der Waals surface area (Å²) in [6.07, 6.45) is 2.92. The Bertz CT molecular complexity index is 196. The smallest absolute Gasteiger partial charge is 0.157 e. The van der Waals surface area contributed by atoms with E-state index in [9.17, 15) is 9.59 Å². The number of carbonyl (C=O) groups excluding carboxylic acids is 2. The first-order valence-electron chi connectivity index (χ1n) is 4.25. The molecule has 14 heavy (non-hydrogen) atoms. The summed E-state index contributed by atoms with van der Waals surface area (Å²) in [5.74, 6) is -0.202. The van der Waals surface area contributed by atoms with Gasteiger partial charge in [0, 0.05) is 12.8 Å². The minimum atomic E-state index is -0.101. The van der Waals surface area contributed by atoms with Gasteiger partial charge in [-0.3, -0.25) is 9.59 Å². The van der Waals surface area contributed by atoms with Crippen LogP contribution in [0.2, 0.25) is 0 Å². The van der Waals surface area contributed by atoms with Gasteiger partial charge in [-0.1, -0.05) is 13.2 Å². The Morgan fingerprint density at radius 3 is 1.57 bits per heavy atom. The lowest BCUT2D eigenvalue weighted by atomic mass is 10.3. The van der Waals surface area contributed by atoms with Gasteiger partial charge in [-0.05, 0) is 12.2 Å². The van der Waals surface area contributed by atoms with Crippen molar-refractivity contribution >= 4 is 11.6 Å². The maximum absolute atomic E-state index is 10.7. The van der Waals surface area contributed by atoms with E-state index >= 15 is 0 Å². The van der Waals surface area contributed by atoms with Gasteiger partial charge in [0.15, 0.2) is 11.6 Å². The fraction of sp³-hybridized carbons (Fsp3) is 0.400. The summed E-state index contributed by atoms with van der Waals surface area (Å²) in [5, 5.41) is 0. The standard InChI is InChI=1S/C10H14O4/c1-3-9(11)5-7-13-14-8-6-10(12)4-2/h3-4H,1-2,5-8H2. The lowest BCUT2D eigenvalue weighted by Gasteiger charge is -2.00. The molecule has 0 aliphatic heterocycles. The van der Waals surface area contributed by atoms with Crippen molar-refractivity contribution in [2.45, 2.75) is 12.8 Å². The quantitative estimate of drug-likeness (QED) is 0.242. The van der Waals surface area contributed by atoms with E-state index in [1.165, 1.54) is 12.2 Å². The van der Waals surface area contributed by atoms with Crippen molar-refractivity contribution < 1.29 is 19.4 Å². The van der Waals surface area contributed by atoms with Crippen LogP contribution in [0.15, 0.2) is 25.3 Å². The predicted octanol–water partition coefficient (Wildman–Crippen LogP) is 1.23. The first-order valence-corrected chi connectivity index (χ1v) is 4.25. The van der Waals surface area contributed by atoms with Crippen molar-refractivity contribution in [1.82, 2.24) is 0 Å². The van der Waals surface area contributed by atoms with Gasteiger partial charge in [-0.15, -0.1) is 0 Å². The molecule has 0 N–H and O–H groups in total. The van der Waals surface area contributed by atoms with Gasteiger partial charge in [0.25, 0.3) is 0 Å². The Kier molecular flexibility index (Phi) is 7.59. The summed E-state index contributed by atoms with van der Waals surface area (Å²) >= 11 is 0. The van der Waals surface area contributed by atoms with E-state index in [1.807, 2.05) is 0 Å². The SMILES string of the molecule is C=CC(=O)CCOOCCC(=O)C=C. The number of hydrogen-bond acceptors (Lipinski definition) is 4. The van der Waals surface area contributed by atoms with Crippen LogP contribution in [0.1, 0.15) is 12.8 Å². The number of rotatable bonds is 9. The molecule has 0 atom stereocenters. The predicted molar refractivity (Wildman–Crippen MR) is 51.5 cm³/mol. The van der Waals surface area contributed by atoms with Gasteiger partial charge < -0.3 is 0 Å². The molecule has 0 aromatic rings. The molecular weight excluding hydrogens is 184 g/mol. The summed E-state index contributed by atoms with van der Waals surface area (Å²) < 4.78 is 0. The molecule has 78 valence electrons. The third-order valence-corrected chi connectivity index (χ3v) is 1.40. The van der Waals surface area contributed by atoms with Crippen LogP contribution in [0.5, 0.6) is 0 Å². The fourth-order valence-corrected chi connectivity index (χ4v) is 0.606. The van der Waals surface area contributed by atoms with E-state index in [4.69, 9.17) is 0 Å². The number of hydrogen-bond donors (Lipinski definition) is 0. The molecule has 0 fully saturated rings. The van der Waals surface area contributed by atoms with E-state index in [1.54, 1.807) is 0 Å². The maximum atomic E-state index is 10.7. The monoisotopic (exact) mass is 198 g/mol. The molecule has 0 spiro atoms. The van der Waals surface area contributed by atoms with Crippen molar-refractivity contribution in [3.8, 4) is 0 Å². The minimum Gasteiger partial charge on any atom is -0.295 e. The van der Waals surface area contributed by atoms with Crippen LogP contribution >= 0.6 is 0 Å². The molecule has 0 unspecified atom stereocenters. The van der Waals surface area contributed by atoms with Crippen molar-refractivity contribution in [1.29, 1.82) is 0 Å². The Morgan fingerprint density at radius 1 is 0.929 bits per heavy atom. The van der Waals surface area contributed by atoms with Gasteiger partial charge in [0.1, 0.15) is 0 Å². The summed E-state index contributed by atoms with van der Waals surface area (Å²) in [4.78, 5) is 30.6. The average Bonchev–Trinajstić information content (AvgIpc) is 2.22. The first kappa shape index (κ1) is 12.7. The highest BCUT2D eigenvalue weighted by Gasteiger charge is 1.98. The van der Waals surface area contributed by atoms with Crippen LogP contribution in [0.4, 0.5) is 0 Å². The van der Waals surface area contributed by atoms with Crippen molar-refractivity contribution in [2.24, 2.45) is 0 Å². The zero-order valence-corrected chi connectivity index (χ0v) is 8.03. The fourth-order valence-electron chi connectivity index (χ4n) is 0.606. The molecule has 0 amide bonds. The number of ketones is 2. The molecule has 0 radical (unpaired) electrons. The molecule has 0 aromatic heterocycles. The lowest BCUT2D eigenvalue weighted by molar-refractivity contribution is -0.292. The second-order valence-corrected chi connectivity index (χ2v) is 2.48. The number of carbonyl (C=O) groups is 2. The Hall–Kier alpha value is -1.26. The van der Waals surface area contributed by atoms with E-state index in [2.05, 4.69) is 22.9 Å². The largest absolute Gasteiger partial charge is 0.295 e. The normalized spacial score (nSPS) is 9.43. The average molecular weight is 198 g/mol. The zero-order chi connectivity index (χ0) is 10.8. The summed E-state index contributed by atoms with van der Waals surface area (Å²) in [6.45, 7) is 6.96. The summed E-state index contributed by atoms with van der Waals surface area (Å²) in [7, 11) is 0. The maximum Gasteiger partial charge on any atom is 0.157 e. The van der Waals surface area contributed by atoms with Crippen LogP contribution in [0.3, 0.4) is 0 Å². The molecule has 0 saturated heterocycles.